The normalized spacial score (nSPS) is 17.9. The maximum Gasteiger partial charge on any atom is 0.295 e. The van der Waals surface area contributed by atoms with Gasteiger partial charge in [0.15, 0.2) is 0 Å². The van der Waals surface area contributed by atoms with E-state index in [4.69, 9.17) is 4.74 Å². The maximum atomic E-state index is 13.1. The topological polar surface area (TPSA) is 83.0 Å². The number of carbonyl (C=O) groups is 2. The standard InChI is InChI=1S/C26H33N3O4/c1-17(2)16-33-20-7-8-21(18(3)15-20)24(30)22-23(19-9-11-27-12-10-19)29(26(32)25(22)31)14-6-13-28(4)5/h7-12,15,17,23,30H,6,13-14,16H2,1-5H3/t23-/m0/s1. The van der Waals surface area contributed by atoms with Gasteiger partial charge in [-0.15, -0.1) is 0 Å². The Morgan fingerprint density at radius 3 is 2.48 bits per heavy atom. The number of rotatable bonds is 9. The van der Waals surface area contributed by atoms with Crippen LogP contribution in [0.3, 0.4) is 0 Å². The minimum atomic E-state index is -0.668. The van der Waals surface area contributed by atoms with E-state index >= 15 is 0 Å². The van der Waals surface area contributed by atoms with Crippen LogP contribution in [0.25, 0.3) is 5.76 Å². The second-order valence-corrected chi connectivity index (χ2v) is 9.11. The Hall–Kier alpha value is -3.19. The zero-order valence-electron chi connectivity index (χ0n) is 20.0. The third-order valence-electron chi connectivity index (χ3n) is 5.60. The predicted octanol–water partition coefficient (Wildman–Crippen LogP) is 3.80. The fourth-order valence-corrected chi connectivity index (χ4v) is 3.96. The van der Waals surface area contributed by atoms with Gasteiger partial charge in [0, 0.05) is 24.5 Å². The molecule has 0 saturated carbocycles. The average molecular weight is 452 g/mol. The van der Waals surface area contributed by atoms with Crippen LogP contribution < -0.4 is 4.74 Å². The number of benzene rings is 1. The van der Waals surface area contributed by atoms with Gasteiger partial charge in [-0.05, 0) is 81.4 Å². The second-order valence-electron chi connectivity index (χ2n) is 9.11. The average Bonchev–Trinajstić information content (AvgIpc) is 3.02. The van der Waals surface area contributed by atoms with Crippen molar-refractivity contribution in [2.24, 2.45) is 5.92 Å². The highest BCUT2D eigenvalue weighted by Gasteiger charge is 2.45. The number of aryl methyl sites for hydroxylation is 1. The van der Waals surface area contributed by atoms with Crippen molar-refractivity contribution in [1.29, 1.82) is 0 Å². The first-order chi connectivity index (χ1) is 15.7. The van der Waals surface area contributed by atoms with Crippen molar-refractivity contribution in [2.45, 2.75) is 33.2 Å². The molecule has 2 heterocycles. The van der Waals surface area contributed by atoms with E-state index in [9.17, 15) is 14.7 Å². The van der Waals surface area contributed by atoms with Gasteiger partial charge < -0.3 is 19.6 Å². The van der Waals surface area contributed by atoms with E-state index in [0.717, 1.165) is 17.7 Å². The maximum absolute atomic E-state index is 13.1. The van der Waals surface area contributed by atoms with Gasteiger partial charge in [0.2, 0.25) is 0 Å². The van der Waals surface area contributed by atoms with Crippen LogP contribution in [-0.4, -0.2) is 65.4 Å². The number of ether oxygens (including phenoxy) is 1. The van der Waals surface area contributed by atoms with E-state index in [1.165, 1.54) is 0 Å². The Morgan fingerprint density at radius 1 is 1.18 bits per heavy atom. The Kier molecular flexibility index (Phi) is 7.87. The molecule has 0 spiro atoms. The van der Waals surface area contributed by atoms with Gasteiger partial charge in [0.1, 0.15) is 11.5 Å². The van der Waals surface area contributed by atoms with Crippen molar-refractivity contribution in [2.75, 3.05) is 33.8 Å². The molecular weight excluding hydrogens is 418 g/mol. The minimum Gasteiger partial charge on any atom is -0.507 e. The number of nitrogens with zero attached hydrogens (tertiary/aromatic N) is 3. The molecule has 1 atom stereocenters. The smallest absolute Gasteiger partial charge is 0.295 e. The molecule has 1 saturated heterocycles. The highest BCUT2D eigenvalue weighted by atomic mass is 16.5. The Balaban J connectivity index is 2.02. The summed E-state index contributed by atoms with van der Waals surface area (Å²) in [6, 6.07) is 8.25. The van der Waals surface area contributed by atoms with Crippen LogP contribution >= 0.6 is 0 Å². The summed E-state index contributed by atoms with van der Waals surface area (Å²) in [7, 11) is 3.93. The summed E-state index contributed by atoms with van der Waals surface area (Å²) < 4.78 is 5.78. The molecule has 1 N–H and O–H groups in total. The number of aliphatic hydroxyl groups excluding tert-OH is 1. The summed E-state index contributed by atoms with van der Waals surface area (Å²) in [5.41, 5.74) is 2.12. The number of hydrogen-bond donors (Lipinski definition) is 1. The third-order valence-corrected chi connectivity index (χ3v) is 5.60. The number of aliphatic hydroxyl groups is 1. The quantitative estimate of drug-likeness (QED) is 0.355. The second kappa shape index (κ2) is 10.6. The Morgan fingerprint density at radius 2 is 1.88 bits per heavy atom. The van der Waals surface area contributed by atoms with E-state index in [-0.39, 0.29) is 11.3 Å². The number of Topliss-reactive ketones (excluding diaryl/α,β-unsaturated/α-hetero) is 1. The molecule has 1 aliphatic rings. The van der Waals surface area contributed by atoms with Crippen LogP contribution in [0.15, 0.2) is 48.3 Å². The van der Waals surface area contributed by atoms with E-state index in [1.54, 1.807) is 41.6 Å². The van der Waals surface area contributed by atoms with Crippen molar-refractivity contribution < 1.29 is 19.4 Å². The SMILES string of the molecule is Cc1cc(OCC(C)C)ccc1C(O)=C1C(=O)C(=O)N(CCCN(C)C)[C@H]1c1ccncc1. The molecule has 0 aliphatic carbocycles. The van der Waals surface area contributed by atoms with Crippen LogP contribution in [0.1, 0.15) is 43.0 Å². The highest BCUT2D eigenvalue weighted by molar-refractivity contribution is 6.46. The zero-order valence-corrected chi connectivity index (χ0v) is 20.0. The van der Waals surface area contributed by atoms with Crippen molar-refractivity contribution in [1.82, 2.24) is 14.8 Å². The molecule has 0 unspecified atom stereocenters. The zero-order chi connectivity index (χ0) is 24.1. The summed E-state index contributed by atoms with van der Waals surface area (Å²) in [6.45, 7) is 7.78. The molecular formula is C26H33N3O4. The molecule has 1 aliphatic heterocycles. The predicted molar refractivity (Wildman–Crippen MR) is 128 cm³/mol. The van der Waals surface area contributed by atoms with Crippen molar-refractivity contribution in [3.8, 4) is 5.75 Å². The first-order valence-electron chi connectivity index (χ1n) is 11.3. The fourth-order valence-electron chi connectivity index (χ4n) is 3.96. The van der Waals surface area contributed by atoms with Crippen LogP contribution in [0, 0.1) is 12.8 Å². The van der Waals surface area contributed by atoms with E-state index in [1.807, 2.05) is 32.0 Å². The van der Waals surface area contributed by atoms with Gasteiger partial charge in [-0.1, -0.05) is 13.8 Å². The molecule has 7 heteroatoms. The fraction of sp³-hybridized carbons (Fsp3) is 0.423. The van der Waals surface area contributed by atoms with Crippen LogP contribution in [0.4, 0.5) is 0 Å². The van der Waals surface area contributed by atoms with Gasteiger partial charge >= 0.3 is 0 Å². The number of aromatic nitrogens is 1. The number of likely N-dealkylation sites (tertiary alicyclic amines) is 1. The summed E-state index contributed by atoms with van der Waals surface area (Å²) in [5.74, 6) is -0.335. The number of pyridine rings is 1. The van der Waals surface area contributed by atoms with Gasteiger partial charge in [0.25, 0.3) is 11.7 Å². The molecule has 1 amide bonds. The van der Waals surface area contributed by atoms with Crippen LogP contribution in [0.2, 0.25) is 0 Å². The monoisotopic (exact) mass is 451 g/mol. The number of amides is 1. The molecule has 1 fully saturated rings. The molecule has 1 aromatic carbocycles. The lowest BCUT2D eigenvalue weighted by Gasteiger charge is -2.26. The Labute approximate surface area is 195 Å². The largest absolute Gasteiger partial charge is 0.507 e. The molecule has 2 aromatic rings. The number of carbonyl (C=O) groups excluding carboxylic acids is 2. The van der Waals surface area contributed by atoms with Crippen molar-refractivity contribution in [3.63, 3.8) is 0 Å². The molecule has 3 rings (SSSR count). The first-order valence-corrected chi connectivity index (χ1v) is 11.3. The van der Waals surface area contributed by atoms with E-state index in [2.05, 4.69) is 18.8 Å². The molecule has 33 heavy (non-hydrogen) atoms. The lowest BCUT2D eigenvalue weighted by atomic mass is 9.94. The molecule has 0 radical (unpaired) electrons. The third kappa shape index (κ3) is 5.60. The van der Waals surface area contributed by atoms with Gasteiger partial charge in [-0.2, -0.15) is 0 Å². The van der Waals surface area contributed by atoms with Crippen LogP contribution in [-0.2, 0) is 9.59 Å². The number of hydrogen-bond acceptors (Lipinski definition) is 6. The van der Waals surface area contributed by atoms with E-state index < -0.39 is 17.7 Å². The molecule has 7 nitrogen and oxygen atoms in total. The first kappa shape index (κ1) is 24.5. The lowest BCUT2D eigenvalue weighted by Crippen LogP contribution is -2.32. The molecule has 176 valence electrons. The molecule has 1 aromatic heterocycles. The van der Waals surface area contributed by atoms with Gasteiger partial charge in [-0.25, -0.2) is 0 Å². The minimum absolute atomic E-state index is 0.106. The van der Waals surface area contributed by atoms with Gasteiger partial charge in [0.05, 0.1) is 18.2 Å². The summed E-state index contributed by atoms with van der Waals surface area (Å²) in [6.07, 6.45) is 3.96. The summed E-state index contributed by atoms with van der Waals surface area (Å²) >= 11 is 0. The van der Waals surface area contributed by atoms with Crippen LogP contribution in [0.5, 0.6) is 5.75 Å². The molecule has 0 bridgehead atoms. The van der Waals surface area contributed by atoms with Gasteiger partial charge in [-0.3, -0.25) is 14.6 Å². The van der Waals surface area contributed by atoms with Crippen molar-refractivity contribution >= 4 is 17.4 Å². The summed E-state index contributed by atoms with van der Waals surface area (Å²) in [4.78, 5) is 33.7. The lowest BCUT2D eigenvalue weighted by molar-refractivity contribution is -0.139. The number of ketones is 1. The van der Waals surface area contributed by atoms with Crippen molar-refractivity contribution in [3.05, 3.63) is 65.0 Å². The Bertz CT molecular complexity index is 1030. The highest BCUT2D eigenvalue weighted by Crippen LogP contribution is 2.40. The van der Waals surface area contributed by atoms with E-state index in [0.29, 0.717) is 36.8 Å². The summed E-state index contributed by atoms with van der Waals surface area (Å²) in [5, 5.41) is 11.3.